The van der Waals surface area contributed by atoms with Crippen molar-refractivity contribution in [1.82, 2.24) is 0 Å². The molecule has 0 saturated carbocycles. The lowest BCUT2D eigenvalue weighted by atomic mass is 9.90. The molecule has 0 spiro atoms. The Balaban J connectivity index is 2.71. The van der Waals surface area contributed by atoms with Crippen LogP contribution in [0.1, 0.15) is 26.2 Å². The van der Waals surface area contributed by atoms with Crippen molar-refractivity contribution in [3.05, 3.63) is 11.6 Å². The fraction of sp³-hybridized carbons (Fsp3) is 0.625. The Hall–Kier alpha value is -0.300. The van der Waals surface area contributed by atoms with Gasteiger partial charge in [-0.1, -0.05) is 13.0 Å². The number of rotatable bonds is 1. The molecular formula is C8H11ClO. The topological polar surface area (TPSA) is 17.1 Å². The smallest absolute Gasteiger partial charge is 0.248 e. The maximum Gasteiger partial charge on any atom is 0.248 e. The SMILES string of the molecule is C[C@@H]1CCCC=C1C(=O)Cl. The first-order valence-electron chi connectivity index (χ1n) is 3.61. The van der Waals surface area contributed by atoms with Gasteiger partial charge >= 0.3 is 0 Å². The quantitative estimate of drug-likeness (QED) is 0.536. The molecule has 0 aromatic carbocycles. The molecule has 1 atom stereocenters. The summed E-state index contributed by atoms with van der Waals surface area (Å²) in [5.41, 5.74) is 0.813. The lowest BCUT2D eigenvalue weighted by Crippen LogP contribution is -2.09. The second-order valence-electron chi connectivity index (χ2n) is 2.77. The van der Waals surface area contributed by atoms with E-state index in [2.05, 4.69) is 0 Å². The molecule has 0 radical (unpaired) electrons. The molecule has 1 aliphatic carbocycles. The molecule has 0 saturated heterocycles. The maximum atomic E-state index is 10.7. The Morgan fingerprint density at radius 2 is 2.50 bits per heavy atom. The highest BCUT2D eigenvalue weighted by Crippen LogP contribution is 2.25. The summed E-state index contributed by atoms with van der Waals surface area (Å²) in [6.07, 6.45) is 5.26. The molecule has 0 heterocycles. The summed E-state index contributed by atoms with van der Waals surface area (Å²) >= 11 is 5.34. The van der Waals surface area contributed by atoms with Gasteiger partial charge in [-0.15, -0.1) is 0 Å². The van der Waals surface area contributed by atoms with Gasteiger partial charge in [-0.25, -0.2) is 0 Å². The molecule has 1 nitrogen and oxygen atoms in total. The zero-order valence-corrected chi connectivity index (χ0v) is 6.82. The highest BCUT2D eigenvalue weighted by molar-refractivity contribution is 6.67. The molecule has 1 rings (SSSR count). The Labute approximate surface area is 66.1 Å². The largest absolute Gasteiger partial charge is 0.276 e. The van der Waals surface area contributed by atoms with Crippen LogP contribution in [0.25, 0.3) is 0 Å². The van der Waals surface area contributed by atoms with Crippen LogP contribution < -0.4 is 0 Å². The van der Waals surface area contributed by atoms with Gasteiger partial charge in [0, 0.05) is 5.57 Å². The van der Waals surface area contributed by atoms with Crippen molar-refractivity contribution in [2.24, 2.45) is 5.92 Å². The molecule has 1 aliphatic rings. The minimum atomic E-state index is -0.271. The maximum absolute atomic E-state index is 10.7. The minimum Gasteiger partial charge on any atom is -0.276 e. The number of halogens is 1. The van der Waals surface area contributed by atoms with Crippen molar-refractivity contribution >= 4 is 16.8 Å². The van der Waals surface area contributed by atoms with E-state index in [-0.39, 0.29) is 5.24 Å². The number of hydrogen-bond donors (Lipinski definition) is 0. The molecule has 0 aliphatic heterocycles. The normalized spacial score (nSPS) is 25.8. The monoisotopic (exact) mass is 158 g/mol. The average molecular weight is 159 g/mol. The fourth-order valence-electron chi connectivity index (χ4n) is 1.31. The lowest BCUT2D eigenvalue weighted by molar-refractivity contribution is -0.109. The first-order valence-corrected chi connectivity index (χ1v) is 3.99. The molecule has 0 aromatic rings. The fourth-order valence-corrected chi connectivity index (χ4v) is 1.58. The molecule has 0 unspecified atom stereocenters. The summed E-state index contributed by atoms with van der Waals surface area (Å²) in [6.45, 7) is 2.05. The second-order valence-corrected chi connectivity index (χ2v) is 3.11. The summed E-state index contributed by atoms with van der Waals surface area (Å²) < 4.78 is 0. The van der Waals surface area contributed by atoms with E-state index in [1.807, 2.05) is 13.0 Å². The van der Waals surface area contributed by atoms with E-state index in [4.69, 9.17) is 11.6 Å². The van der Waals surface area contributed by atoms with E-state index in [1.165, 1.54) is 6.42 Å². The van der Waals surface area contributed by atoms with Crippen LogP contribution in [-0.2, 0) is 4.79 Å². The zero-order chi connectivity index (χ0) is 7.56. The van der Waals surface area contributed by atoms with Gasteiger partial charge in [-0.05, 0) is 36.8 Å². The Morgan fingerprint density at radius 1 is 1.80 bits per heavy atom. The van der Waals surface area contributed by atoms with E-state index in [0.717, 1.165) is 18.4 Å². The Morgan fingerprint density at radius 3 is 2.90 bits per heavy atom. The number of carbonyl (C=O) groups excluding carboxylic acids is 1. The average Bonchev–Trinajstić information content (AvgIpc) is 1.88. The van der Waals surface area contributed by atoms with Gasteiger partial charge in [-0.2, -0.15) is 0 Å². The highest BCUT2D eigenvalue weighted by atomic mass is 35.5. The van der Waals surface area contributed by atoms with Crippen LogP contribution >= 0.6 is 11.6 Å². The number of carbonyl (C=O) groups is 1. The van der Waals surface area contributed by atoms with Crippen LogP contribution in [0.2, 0.25) is 0 Å². The first-order chi connectivity index (χ1) is 4.72. The van der Waals surface area contributed by atoms with E-state index >= 15 is 0 Å². The molecular weight excluding hydrogens is 148 g/mol. The molecule has 0 bridgehead atoms. The van der Waals surface area contributed by atoms with E-state index < -0.39 is 0 Å². The standard InChI is InChI=1S/C8H11ClO/c1-6-4-2-3-5-7(6)8(9)10/h5-6H,2-4H2,1H3/t6-/m1/s1. The summed E-state index contributed by atoms with van der Waals surface area (Å²) in [5.74, 6) is 0.374. The molecule has 0 N–H and O–H groups in total. The third-order valence-electron chi connectivity index (χ3n) is 1.96. The van der Waals surface area contributed by atoms with Crippen molar-refractivity contribution in [3.8, 4) is 0 Å². The predicted octanol–water partition coefficient (Wildman–Crippen LogP) is 2.50. The van der Waals surface area contributed by atoms with Gasteiger partial charge in [0.25, 0.3) is 0 Å². The van der Waals surface area contributed by atoms with Gasteiger partial charge in [0.1, 0.15) is 0 Å². The van der Waals surface area contributed by atoms with Gasteiger partial charge in [0.2, 0.25) is 5.24 Å². The molecule has 0 fully saturated rings. The van der Waals surface area contributed by atoms with Crippen LogP contribution in [0.4, 0.5) is 0 Å². The van der Waals surface area contributed by atoms with Crippen molar-refractivity contribution < 1.29 is 4.79 Å². The predicted molar refractivity (Wildman–Crippen MR) is 42.0 cm³/mol. The van der Waals surface area contributed by atoms with Gasteiger partial charge < -0.3 is 0 Å². The van der Waals surface area contributed by atoms with Crippen LogP contribution in [0.3, 0.4) is 0 Å². The van der Waals surface area contributed by atoms with E-state index in [9.17, 15) is 4.79 Å². The van der Waals surface area contributed by atoms with Crippen molar-refractivity contribution in [3.63, 3.8) is 0 Å². The molecule has 0 amide bonds. The van der Waals surface area contributed by atoms with Crippen LogP contribution in [0, 0.1) is 5.92 Å². The third kappa shape index (κ3) is 1.60. The van der Waals surface area contributed by atoms with Gasteiger partial charge in [0.05, 0.1) is 0 Å². The summed E-state index contributed by atoms with van der Waals surface area (Å²) in [6, 6.07) is 0. The Bertz CT molecular complexity index is 172. The van der Waals surface area contributed by atoms with Gasteiger partial charge in [-0.3, -0.25) is 4.79 Å². The molecule has 2 heteroatoms. The molecule has 56 valence electrons. The molecule has 0 aromatic heterocycles. The highest BCUT2D eigenvalue weighted by Gasteiger charge is 2.17. The third-order valence-corrected chi connectivity index (χ3v) is 2.18. The van der Waals surface area contributed by atoms with Crippen LogP contribution in [0.15, 0.2) is 11.6 Å². The lowest BCUT2D eigenvalue weighted by Gasteiger charge is -2.16. The van der Waals surface area contributed by atoms with E-state index in [1.54, 1.807) is 0 Å². The van der Waals surface area contributed by atoms with Crippen molar-refractivity contribution in [2.45, 2.75) is 26.2 Å². The number of hydrogen-bond acceptors (Lipinski definition) is 1. The van der Waals surface area contributed by atoms with Crippen molar-refractivity contribution in [1.29, 1.82) is 0 Å². The first kappa shape index (κ1) is 7.80. The zero-order valence-electron chi connectivity index (χ0n) is 6.06. The van der Waals surface area contributed by atoms with Gasteiger partial charge in [0.15, 0.2) is 0 Å². The van der Waals surface area contributed by atoms with E-state index in [0.29, 0.717) is 5.92 Å². The van der Waals surface area contributed by atoms with Crippen molar-refractivity contribution in [2.75, 3.05) is 0 Å². The molecule has 10 heavy (non-hydrogen) atoms. The van der Waals surface area contributed by atoms with Crippen LogP contribution in [-0.4, -0.2) is 5.24 Å². The number of allylic oxidation sites excluding steroid dienone is 2. The minimum absolute atomic E-state index is 0.271. The summed E-state index contributed by atoms with van der Waals surface area (Å²) in [4.78, 5) is 10.7. The van der Waals surface area contributed by atoms with Crippen LogP contribution in [0.5, 0.6) is 0 Å². The second kappa shape index (κ2) is 3.20. The summed E-state index contributed by atoms with van der Waals surface area (Å²) in [7, 11) is 0. The Kier molecular flexibility index (Phi) is 2.50. The summed E-state index contributed by atoms with van der Waals surface area (Å²) in [5, 5.41) is -0.271.